The molecule has 3 aliphatic heterocycles. The molecule has 0 bridgehead atoms. The summed E-state index contributed by atoms with van der Waals surface area (Å²) in [6.07, 6.45) is 7.30. The standard InChI is InChI=1S/C44H46F2N10O5/c1-44(2,61)33-20-36-25(16-37(33)49-42(59)38-10-8-30-17-27(47-3)21-48-56(30)38)24-55(51-36)29-6-4-28(5-7-29)52-12-14-53(15-13-52)43(60)26-22-54(23-26)31-18-34(45)40(35(46)19-31)32-9-11-39(57)50-41(32)58/h8,10,16-21,24,26,28-29,32,61H,4-7,9,11-15,22-23H2,1-2H3,(H,49,59)(H,50,57,58)/t28?,29?,32-/m1/s1. The molecule has 3 N–H and O–H groups in total. The van der Waals surface area contributed by atoms with Crippen molar-refractivity contribution in [3.05, 3.63) is 94.7 Å². The number of aliphatic hydroxyl groups is 1. The normalized spacial score (nSPS) is 21.7. The molecule has 0 radical (unpaired) electrons. The molecule has 316 valence electrons. The summed E-state index contributed by atoms with van der Waals surface area (Å²) >= 11 is 0. The van der Waals surface area contributed by atoms with Crippen molar-refractivity contribution in [3.63, 3.8) is 0 Å². The molecule has 4 fully saturated rings. The van der Waals surface area contributed by atoms with Crippen LogP contribution in [0.15, 0.2) is 54.9 Å². The van der Waals surface area contributed by atoms with Crippen LogP contribution in [0.25, 0.3) is 21.3 Å². The van der Waals surface area contributed by atoms with Crippen LogP contribution in [0.4, 0.5) is 25.8 Å². The molecule has 4 amide bonds. The minimum absolute atomic E-state index is 0.0218. The van der Waals surface area contributed by atoms with Crippen molar-refractivity contribution in [1.82, 2.24) is 34.5 Å². The molecule has 6 heterocycles. The first kappa shape index (κ1) is 40.2. The molecule has 0 spiro atoms. The predicted octanol–water partition coefficient (Wildman–Crippen LogP) is 5.28. The van der Waals surface area contributed by atoms with Gasteiger partial charge in [-0.2, -0.15) is 10.2 Å². The first-order valence-corrected chi connectivity index (χ1v) is 20.8. The lowest BCUT2D eigenvalue weighted by Crippen LogP contribution is -2.59. The number of nitrogens with zero attached hydrogens (tertiary/aromatic N) is 8. The lowest BCUT2D eigenvalue weighted by atomic mass is 9.89. The summed E-state index contributed by atoms with van der Waals surface area (Å²) in [4.78, 5) is 60.3. The molecule has 1 saturated carbocycles. The smallest absolute Gasteiger partial charge is 0.274 e. The Balaban J connectivity index is 0.778. The van der Waals surface area contributed by atoms with Crippen LogP contribution >= 0.6 is 0 Å². The van der Waals surface area contributed by atoms with E-state index in [1.54, 1.807) is 36.9 Å². The zero-order chi connectivity index (χ0) is 42.7. The number of imide groups is 1. The van der Waals surface area contributed by atoms with Crippen LogP contribution in [-0.2, 0) is 20.0 Å². The van der Waals surface area contributed by atoms with Crippen LogP contribution < -0.4 is 15.5 Å². The van der Waals surface area contributed by atoms with Gasteiger partial charge in [0.05, 0.1) is 47.3 Å². The molecule has 9 rings (SSSR count). The van der Waals surface area contributed by atoms with Crippen LogP contribution in [0, 0.1) is 24.1 Å². The van der Waals surface area contributed by atoms with E-state index >= 15 is 8.78 Å². The number of hydrogen-bond acceptors (Lipinski definition) is 9. The van der Waals surface area contributed by atoms with Gasteiger partial charge in [0.2, 0.25) is 23.4 Å². The van der Waals surface area contributed by atoms with E-state index in [0.717, 1.165) is 49.7 Å². The first-order valence-electron chi connectivity index (χ1n) is 20.8. The van der Waals surface area contributed by atoms with Gasteiger partial charge >= 0.3 is 0 Å². The zero-order valence-corrected chi connectivity index (χ0v) is 33.9. The number of amides is 4. The van der Waals surface area contributed by atoms with E-state index in [0.29, 0.717) is 66.1 Å². The van der Waals surface area contributed by atoms with Gasteiger partial charge in [0.25, 0.3) is 5.91 Å². The summed E-state index contributed by atoms with van der Waals surface area (Å²) in [7, 11) is 0. The Morgan fingerprint density at radius 3 is 2.33 bits per heavy atom. The summed E-state index contributed by atoms with van der Waals surface area (Å²) in [6.45, 7) is 14.1. The van der Waals surface area contributed by atoms with Crippen molar-refractivity contribution in [2.75, 3.05) is 49.5 Å². The maximum atomic E-state index is 15.1. The van der Waals surface area contributed by atoms with Crippen molar-refractivity contribution < 1.29 is 33.1 Å². The summed E-state index contributed by atoms with van der Waals surface area (Å²) in [5, 5.41) is 26.3. The molecular formula is C44H46F2N10O5. The Morgan fingerprint density at radius 1 is 0.951 bits per heavy atom. The largest absolute Gasteiger partial charge is 0.386 e. The van der Waals surface area contributed by atoms with Gasteiger partial charge in [0, 0.05) is 85.8 Å². The van der Waals surface area contributed by atoms with Gasteiger partial charge in [0.1, 0.15) is 17.3 Å². The zero-order valence-electron chi connectivity index (χ0n) is 33.9. The van der Waals surface area contributed by atoms with E-state index in [1.807, 2.05) is 27.9 Å². The first-order chi connectivity index (χ1) is 29.2. The Kier molecular flexibility index (Phi) is 10.3. The number of halogens is 2. The van der Waals surface area contributed by atoms with E-state index in [4.69, 9.17) is 11.7 Å². The van der Waals surface area contributed by atoms with Crippen molar-refractivity contribution in [2.24, 2.45) is 5.92 Å². The molecular weight excluding hydrogens is 787 g/mol. The van der Waals surface area contributed by atoms with E-state index in [1.165, 1.54) is 22.8 Å². The van der Waals surface area contributed by atoms with Gasteiger partial charge in [-0.25, -0.2) is 18.1 Å². The van der Waals surface area contributed by atoms with Crippen molar-refractivity contribution in [2.45, 2.75) is 76.0 Å². The number of rotatable bonds is 8. The van der Waals surface area contributed by atoms with E-state index in [-0.39, 0.29) is 36.3 Å². The van der Waals surface area contributed by atoms with Gasteiger partial charge < -0.3 is 20.2 Å². The average molecular weight is 833 g/mol. The number of carbonyl (C=O) groups excluding carboxylic acids is 4. The number of nitrogens with one attached hydrogen (secondary N) is 2. The number of anilines is 2. The maximum Gasteiger partial charge on any atom is 0.274 e. The van der Waals surface area contributed by atoms with Gasteiger partial charge in [-0.15, -0.1) is 0 Å². The minimum Gasteiger partial charge on any atom is -0.386 e. The number of piperidine rings is 1. The highest BCUT2D eigenvalue weighted by atomic mass is 19.1. The van der Waals surface area contributed by atoms with Gasteiger partial charge in [-0.1, -0.05) is 0 Å². The highest BCUT2D eigenvalue weighted by Crippen LogP contribution is 2.37. The minimum atomic E-state index is -1.27. The Hall–Kier alpha value is -6.25. The Morgan fingerprint density at radius 2 is 1.66 bits per heavy atom. The molecule has 3 saturated heterocycles. The topological polar surface area (TPSA) is 162 Å². The second-order valence-electron chi connectivity index (χ2n) is 17.2. The summed E-state index contributed by atoms with van der Waals surface area (Å²) in [5.74, 6) is -4.49. The number of hydrogen-bond donors (Lipinski definition) is 3. The molecule has 61 heavy (non-hydrogen) atoms. The van der Waals surface area contributed by atoms with Gasteiger partial charge in [0.15, 0.2) is 0 Å². The quantitative estimate of drug-likeness (QED) is 0.140. The molecule has 3 aromatic heterocycles. The number of aromatic nitrogens is 4. The third-order valence-corrected chi connectivity index (χ3v) is 12.8. The predicted molar refractivity (Wildman–Crippen MR) is 221 cm³/mol. The Bertz CT molecular complexity index is 2600. The number of piperazine rings is 1. The van der Waals surface area contributed by atoms with Gasteiger partial charge in [-0.3, -0.25) is 34.1 Å². The third kappa shape index (κ3) is 7.70. The highest BCUT2D eigenvalue weighted by Gasteiger charge is 2.39. The molecule has 0 unspecified atom stereocenters. The van der Waals surface area contributed by atoms with Crippen molar-refractivity contribution >= 4 is 57.1 Å². The molecule has 4 aliphatic rings. The lowest BCUT2D eigenvalue weighted by molar-refractivity contribution is -0.138. The summed E-state index contributed by atoms with van der Waals surface area (Å²) < 4.78 is 33.7. The number of benzene rings is 2. The van der Waals surface area contributed by atoms with Crippen LogP contribution in [0.5, 0.6) is 0 Å². The Labute approximate surface area is 350 Å². The maximum absolute atomic E-state index is 15.1. The second kappa shape index (κ2) is 15.7. The van der Waals surface area contributed by atoms with Crippen LogP contribution in [0.1, 0.15) is 85.9 Å². The lowest BCUT2D eigenvalue weighted by Gasteiger charge is -2.45. The number of fused-ring (bicyclic) bond motifs is 2. The molecule has 1 atom stereocenters. The third-order valence-electron chi connectivity index (χ3n) is 12.8. The van der Waals surface area contributed by atoms with E-state index in [2.05, 4.69) is 25.5 Å². The van der Waals surface area contributed by atoms with E-state index < -0.39 is 40.9 Å². The fourth-order valence-electron chi connectivity index (χ4n) is 9.45. The highest BCUT2D eigenvalue weighted by molar-refractivity contribution is 6.05. The fraction of sp³-hybridized carbons (Fsp3) is 0.432. The second-order valence-corrected chi connectivity index (χ2v) is 17.2. The monoisotopic (exact) mass is 832 g/mol. The molecule has 1 aliphatic carbocycles. The SMILES string of the molecule is [C-]#[N+]c1cnn2c(C(=O)Nc3cc4cn(C5CCC(N6CCN(C(=O)C7CN(c8cc(F)c([C@H]9CCC(=O)NC9=O)c(F)c8)C7)CC6)CC5)nc4cc3C(C)(C)O)ccc2c1. The molecule has 5 aromatic rings. The molecule has 2 aromatic carbocycles. The van der Waals surface area contributed by atoms with Gasteiger partial charge in [-0.05, 0) is 88.4 Å². The summed E-state index contributed by atoms with van der Waals surface area (Å²) in [5.41, 5.74) is 1.74. The fourth-order valence-corrected chi connectivity index (χ4v) is 9.45. The van der Waals surface area contributed by atoms with E-state index in [9.17, 15) is 24.3 Å². The molecule has 17 heteroatoms. The molecule has 15 nitrogen and oxygen atoms in total. The number of carbonyl (C=O) groups is 4. The van der Waals surface area contributed by atoms with Crippen LogP contribution in [0.3, 0.4) is 0 Å². The van der Waals surface area contributed by atoms with Crippen molar-refractivity contribution in [3.8, 4) is 0 Å². The average Bonchev–Trinajstić information content (AvgIpc) is 3.84. The van der Waals surface area contributed by atoms with Crippen molar-refractivity contribution in [1.29, 1.82) is 0 Å². The van der Waals surface area contributed by atoms with Crippen LogP contribution in [-0.4, -0.2) is 103 Å². The van der Waals surface area contributed by atoms with Crippen LogP contribution in [0.2, 0.25) is 0 Å². The summed E-state index contributed by atoms with van der Waals surface area (Å²) in [6, 6.07) is 11.7.